The highest BCUT2D eigenvalue weighted by Crippen LogP contribution is 2.25. The standard InChI is InChI=1S/C17H19NO2/c1-20-17-7-6-13(10-16(17)19)11-18-9-8-14-4-2-3-5-15(14)12-18/h2-7,10,19H,8-9,11-12H2,1H3/p+1. The van der Waals surface area contributed by atoms with Crippen molar-refractivity contribution in [3.8, 4) is 11.5 Å². The number of hydrogen-bond acceptors (Lipinski definition) is 2. The summed E-state index contributed by atoms with van der Waals surface area (Å²) >= 11 is 0. The molecule has 2 N–H and O–H groups in total. The Labute approximate surface area is 119 Å². The first kappa shape index (κ1) is 13.0. The van der Waals surface area contributed by atoms with Crippen LogP contribution < -0.4 is 9.64 Å². The Morgan fingerprint density at radius 3 is 2.70 bits per heavy atom. The van der Waals surface area contributed by atoms with Crippen LogP contribution in [0.15, 0.2) is 42.5 Å². The van der Waals surface area contributed by atoms with Gasteiger partial charge in [0.2, 0.25) is 0 Å². The van der Waals surface area contributed by atoms with E-state index in [2.05, 4.69) is 24.3 Å². The lowest BCUT2D eigenvalue weighted by Crippen LogP contribution is -3.10. The van der Waals surface area contributed by atoms with Crippen LogP contribution in [0.1, 0.15) is 16.7 Å². The number of nitrogens with one attached hydrogen (secondary N) is 1. The molecule has 104 valence electrons. The average Bonchev–Trinajstić information content (AvgIpc) is 2.47. The molecule has 1 aliphatic heterocycles. The van der Waals surface area contributed by atoms with Crippen LogP contribution in [0.3, 0.4) is 0 Å². The number of methoxy groups -OCH3 is 1. The molecule has 3 rings (SSSR count). The minimum absolute atomic E-state index is 0.224. The molecule has 0 aliphatic carbocycles. The van der Waals surface area contributed by atoms with Gasteiger partial charge in [-0.2, -0.15) is 0 Å². The van der Waals surface area contributed by atoms with Crippen LogP contribution in [0.5, 0.6) is 11.5 Å². The van der Waals surface area contributed by atoms with Crippen molar-refractivity contribution in [2.24, 2.45) is 0 Å². The molecule has 0 radical (unpaired) electrons. The Morgan fingerprint density at radius 2 is 1.95 bits per heavy atom. The Hall–Kier alpha value is -2.00. The largest absolute Gasteiger partial charge is 0.504 e. The topological polar surface area (TPSA) is 33.9 Å². The monoisotopic (exact) mass is 270 g/mol. The molecule has 2 aromatic rings. The van der Waals surface area contributed by atoms with Crippen molar-refractivity contribution in [1.29, 1.82) is 0 Å². The maximum atomic E-state index is 9.84. The molecule has 0 aromatic heterocycles. The Balaban J connectivity index is 1.72. The fraction of sp³-hybridized carbons (Fsp3) is 0.294. The number of phenols is 1. The first-order chi connectivity index (χ1) is 9.76. The molecule has 3 heteroatoms. The van der Waals surface area contributed by atoms with Crippen LogP contribution in [0.2, 0.25) is 0 Å². The highest BCUT2D eigenvalue weighted by Gasteiger charge is 2.19. The van der Waals surface area contributed by atoms with Crippen LogP contribution in [0, 0.1) is 0 Å². The summed E-state index contributed by atoms with van der Waals surface area (Å²) in [4.78, 5) is 1.54. The van der Waals surface area contributed by atoms with Gasteiger partial charge in [-0.05, 0) is 23.8 Å². The van der Waals surface area contributed by atoms with Gasteiger partial charge in [-0.3, -0.25) is 0 Å². The quantitative estimate of drug-likeness (QED) is 0.887. The molecule has 0 saturated heterocycles. The third kappa shape index (κ3) is 2.63. The second-order valence-corrected chi connectivity index (χ2v) is 5.38. The summed E-state index contributed by atoms with van der Waals surface area (Å²) in [6, 6.07) is 14.4. The smallest absolute Gasteiger partial charge is 0.160 e. The zero-order chi connectivity index (χ0) is 13.9. The molecule has 20 heavy (non-hydrogen) atoms. The number of benzene rings is 2. The van der Waals surface area contributed by atoms with Crippen molar-refractivity contribution < 1.29 is 14.7 Å². The van der Waals surface area contributed by atoms with Gasteiger partial charge >= 0.3 is 0 Å². The predicted octanol–water partition coefficient (Wildman–Crippen LogP) is 1.54. The van der Waals surface area contributed by atoms with E-state index in [1.165, 1.54) is 16.0 Å². The van der Waals surface area contributed by atoms with Crippen molar-refractivity contribution in [2.45, 2.75) is 19.5 Å². The van der Waals surface area contributed by atoms with E-state index in [0.717, 1.165) is 31.6 Å². The van der Waals surface area contributed by atoms with Gasteiger partial charge in [-0.25, -0.2) is 0 Å². The number of quaternary nitrogens is 1. The van der Waals surface area contributed by atoms with E-state index < -0.39 is 0 Å². The van der Waals surface area contributed by atoms with Crippen LogP contribution in [0.4, 0.5) is 0 Å². The lowest BCUT2D eigenvalue weighted by molar-refractivity contribution is -0.929. The van der Waals surface area contributed by atoms with Crippen LogP contribution >= 0.6 is 0 Å². The van der Waals surface area contributed by atoms with Crippen molar-refractivity contribution in [1.82, 2.24) is 0 Å². The van der Waals surface area contributed by atoms with Gasteiger partial charge in [0.1, 0.15) is 13.1 Å². The summed E-state index contributed by atoms with van der Waals surface area (Å²) in [7, 11) is 1.57. The maximum Gasteiger partial charge on any atom is 0.160 e. The van der Waals surface area contributed by atoms with E-state index in [-0.39, 0.29) is 5.75 Å². The zero-order valence-corrected chi connectivity index (χ0v) is 11.7. The van der Waals surface area contributed by atoms with E-state index in [1.807, 2.05) is 18.2 Å². The molecule has 1 aliphatic rings. The molecule has 0 bridgehead atoms. The van der Waals surface area contributed by atoms with Gasteiger partial charge in [0.05, 0.1) is 13.7 Å². The summed E-state index contributed by atoms with van der Waals surface area (Å²) in [6.07, 6.45) is 1.13. The summed E-state index contributed by atoms with van der Waals surface area (Å²) in [5.41, 5.74) is 4.08. The summed E-state index contributed by atoms with van der Waals surface area (Å²) in [5.74, 6) is 0.759. The molecule has 0 spiro atoms. The van der Waals surface area contributed by atoms with Crippen molar-refractivity contribution in [3.63, 3.8) is 0 Å². The van der Waals surface area contributed by atoms with Crippen LogP contribution in [-0.4, -0.2) is 18.8 Å². The average molecular weight is 270 g/mol. The molecule has 0 fully saturated rings. The molecule has 1 atom stereocenters. The maximum absolute atomic E-state index is 9.84. The number of rotatable bonds is 3. The molecule has 3 nitrogen and oxygen atoms in total. The summed E-state index contributed by atoms with van der Waals surface area (Å²) < 4.78 is 5.08. The van der Waals surface area contributed by atoms with Gasteiger partial charge in [0.25, 0.3) is 0 Å². The van der Waals surface area contributed by atoms with E-state index in [4.69, 9.17) is 4.74 Å². The molecular formula is C17H20NO2+. The summed E-state index contributed by atoms with van der Waals surface area (Å²) in [6.45, 7) is 3.14. The van der Waals surface area contributed by atoms with Crippen LogP contribution in [-0.2, 0) is 19.5 Å². The van der Waals surface area contributed by atoms with Gasteiger partial charge in [0, 0.05) is 17.5 Å². The minimum atomic E-state index is 0.224. The fourth-order valence-electron chi connectivity index (χ4n) is 2.93. The van der Waals surface area contributed by atoms with E-state index >= 15 is 0 Å². The van der Waals surface area contributed by atoms with E-state index in [9.17, 15) is 5.11 Å². The van der Waals surface area contributed by atoms with Gasteiger partial charge < -0.3 is 14.7 Å². The van der Waals surface area contributed by atoms with E-state index in [0.29, 0.717) is 5.75 Å². The van der Waals surface area contributed by atoms with Gasteiger partial charge in [-0.1, -0.05) is 24.3 Å². The van der Waals surface area contributed by atoms with Gasteiger partial charge in [-0.15, -0.1) is 0 Å². The highest BCUT2D eigenvalue weighted by atomic mass is 16.5. The van der Waals surface area contributed by atoms with Gasteiger partial charge in [0.15, 0.2) is 11.5 Å². The van der Waals surface area contributed by atoms with Crippen molar-refractivity contribution in [2.75, 3.05) is 13.7 Å². The summed E-state index contributed by atoms with van der Waals surface area (Å²) in [5, 5.41) is 9.84. The Morgan fingerprint density at radius 1 is 1.15 bits per heavy atom. The first-order valence-electron chi connectivity index (χ1n) is 7.02. The first-order valence-corrected chi connectivity index (χ1v) is 7.02. The Bertz CT molecular complexity index is 610. The third-order valence-corrected chi connectivity index (χ3v) is 4.00. The minimum Gasteiger partial charge on any atom is -0.504 e. The number of ether oxygens (including phenoxy) is 1. The predicted molar refractivity (Wildman–Crippen MR) is 78.0 cm³/mol. The second kappa shape index (κ2) is 5.55. The second-order valence-electron chi connectivity index (χ2n) is 5.38. The number of aromatic hydroxyl groups is 1. The highest BCUT2D eigenvalue weighted by molar-refractivity contribution is 5.41. The third-order valence-electron chi connectivity index (χ3n) is 4.00. The SMILES string of the molecule is COc1ccc(C[NH+]2CCc3ccccc3C2)cc1O. The molecule has 0 saturated carbocycles. The molecule has 1 heterocycles. The molecular weight excluding hydrogens is 250 g/mol. The zero-order valence-electron chi connectivity index (χ0n) is 11.7. The number of phenolic OH excluding ortho intramolecular Hbond substituents is 1. The molecule has 2 aromatic carbocycles. The lowest BCUT2D eigenvalue weighted by Gasteiger charge is -2.26. The molecule has 0 amide bonds. The fourth-order valence-corrected chi connectivity index (χ4v) is 2.93. The van der Waals surface area contributed by atoms with Crippen LogP contribution in [0.25, 0.3) is 0 Å². The Kier molecular flexibility index (Phi) is 3.61. The lowest BCUT2D eigenvalue weighted by atomic mass is 9.99. The van der Waals surface area contributed by atoms with Crippen molar-refractivity contribution in [3.05, 3.63) is 59.2 Å². The number of fused-ring (bicyclic) bond motifs is 1. The normalized spacial score (nSPS) is 17.6. The van der Waals surface area contributed by atoms with Crippen molar-refractivity contribution >= 4 is 0 Å². The van der Waals surface area contributed by atoms with E-state index in [1.54, 1.807) is 7.11 Å². The number of hydrogen-bond donors (Lipinski definition) is 2. The molecule has 1 unspecified atom stereocenters.